The molecule has 4 aromatic rings. The molecule has 0 aliphatic heterocycles. The van der Waals surface area contributed by atoms with Gasteiger partial charge in [-0.1, -0.05) is 109 Å². The Morgan fingerprint density at radius 1 is 0.488 bits per heavy atom. The van der Waals surface area contributed by atoms with Crippen LogP contribution in [0, 0.1) is 0 Å². The molecule has 7 heteroatoms. The average molecular weight is 583 g/mol. The molecule has 0 unspecified atom stereocenters. The van der Waals surface area contributed by atoms with Crippen molar-refractivity contribution in [1.82, 2.24) is 0 Å². The highest BCUT2D eigenvalue weighted by molar-refractivity contribution is 6.96. The van der Waals surface area contributed by atoms with Gasteiger partial charge in [-0.15, -0.1) is 0 Å². The van der Waals surface area contributed by atoms with Crippen LogP contribution in [0.4, 0.5) is 0 Å². The summed E-state index contributed by atoms with van der Waals surface area (Å²) in [6, 6.07) is 35.7. The van der Waals surface area contributed by atoms with Crippen molar-refractivity contribution in [3.05, 3.63) is 131 Å². The topological polar surface area (TPSA) is 61.8 Å². The highest BCUT2D eigenvalue weighted by Crippen LogP contribution is 2.17. The van der Waals surface area contributed by atoms with E-state index in [1.54, 1.807) is 0 Å². The summed E-state index contributed by atoms with van der Waals surface area (Å²) in [7, 11) is -4.46. The number of hydrogen-bond acceptors (Lipinski definition) is 5. The zero-order valence-corrected chi connectivity index (χ0v) is 26.3. The lowest BCUT2D eigenvalue weighted by Gasteiger charge is -2.34. The molecule has 0 aliphatic carbocycles. The predicted octanol–water partition coefficient (Wildman–Crippen LogP) is 5.80. The number of rotatable bonds is 12. The maximum absolute atomic E-state index is 12.3. The number of benzene rings is 4. The van der Waals surface area contributed by atoms with Crippen molar-refractivity contribution in [2.75, 3.05) is 0 Å². The first kappa shape index (κ1) is 30.2. The van der Waals surface area contributed by atoms with Crippen molar-refractivity contribution in [2.24, 2.45) is 0 Å². The van der Waals surface area contributed by atoms with Crippen molar-refractivity contribution in [3.8, 4) is 0 Å². The van der Waals surface area contributed by atoms with Crippen LogP contribution in [0.3, 0.4) is 0 Å². The summed E-state index contributed by atoms with van der Waals surface area (Å²) in [4.78, 5) is 24.7. The summed E-state index contributed by atoms with van der Waals surface area (Å²) in [5.41, 5.74) is 3.80. The van der Waals surface area contributed by atoms with Gasteiger partial charge >= 0.3 is 11.9 Å². The van der Waals surface area contributed by atoms with Gasteiger partial charge in [-0.3, -0.25) is 9.59 Å². The van der Waals surface area contributed by atoms with E-state index in [9.17, 15) is 9.59 Å². The normalized spacial score (nSPS) is 11.6. The van der Waals surface area contributed by atoms with Crippen LogP contribution in [-0.4, -0.2) is 28.6 Å². The van der Waals surface area contributed by atoms with Crippen molar-refractivity contribution >= 4 is 38.9 Å². The fourth-order valence-electron chi connectivity index (χ4n) is 4.72. The summed E-state index contributed by atoms with van der Waals surface area (Å²) in [5, 5.41) is 2.36. The molecule has 4 aromatic carbocycles. The number of esters is 2. The second-order valence-electron chi connectivity index (χ2n) is 11.2. The molecule has 0 amide bonds. The smallest absolute Gasteiger partial charge is 0.310 e. The van der Waals surface area contributed by atoms with Gasteiger partial charge in [-0.2, -0.15) is 0 Å². The summed E-state index contributed by atoms with van der Waals surface area (Å²) < 4.78 is 17.8. The Morgan fingerprint density at radius 2 is 0.829 bits per heavy atom. The zero-order valence-electron chi connectivity index (χ0n) is 24.3. The van der Waals surface area contributed by atoms with E-state index in [2.05, 4.69) is 50.5 Å². The van der Waals surface area contributed by atoms with Gasteiger partial charge in [0.2, 0.25) is 16.6 Å². The summed E-state index contributed by atoms with van der Waals surface area (Å²) in [6.45, 7) is 9.41. The van der Waals surface area contributed by atoms with Crippen LogP contribution < -0.4 is 10.4 Å². The molecule has 0 aromatic heterocycles. The molecule has 0 saturated heterocycles. The molecule has 5 nitrogen and oxygen atoms in total. The quantitative estimate of drug-likeness (QED) is 0.156. The zero-order chi connectivity index (χ0) is 29.3. The summed E-state index contributed by atoms with van der Waals surface area (Å²) in [5.74, 6) is -0.480. The predicted molar refractivity (Wildman–Crippen MR) is 168 cm³/mol. The lowest BCUT2D eigenvalue weighted by atomic mass is 10.1. The SMILES string of the molecule is C[Si](C)(O[Si](C)(C)c1ccc(CC(=O)OCc2ccccc2)cc1)c1ccc(CC(=O)OCc2ccccc2)cc1. The van der Waals surface area contributed by atoms with Gasteiger partial charge in [0.1, 0.15) is 13.2 Å². The minimum atomic E-state index is -2.23. The van der Waals surface area contributed by atoms with Gasteiger partial charge < -0.3 is 13.6 Å². The largest absolute Gasteiger partial charge is 0.461 e. The van der Waals surface area contributed by atoms with E-state index in [4.69, 9.17) is 13.6 Å². The van der Waals surface area contributed by atoms with Gasteiger partial charge in [-0.05, 0) is 58.8 Å². The van der Waals surface area contributed by atoms with Crippen LogP contribution in [0.2, 0.25) is 26.2 Å². The van der Waals surface area contributed by atoms with Crippen LogP contribution in [0.1, 0.15) is 22.3 Å². The first-order valence-corrected chi connectivity index (χ1v) is 19.7. The molecule has 212 valence electrons. The number of hydrogen-bond donors (Lipinski definition) is 0. The fourth-order valence-corrected chi connectivity index (χ4v) is 12.7. The first-order chi connectivity index (χ1) is 19.6. The van der Waals surface area contributed by atoms with Gasteiger partial charge in [0.05, 0.1) is 12.8 Å². The van der Waals surface area contributed by atoms with Crippen LogP contribution >= 0.6 is 0 Å². The van der Waals surface area contributed by atoms with Crippen LogP contribution in [0.15, 0.2) is 109 Å². The number of carbonyl (C=O) groups excluding carboxylic acids is 2. The molecule has 0 saturated carbocycles. The third-order valence-electron chi connectivity index (χ3n) is 6.99. The highest BCUT2D eigenvalue weighted by Gasteiger charge is 2.36. The third-order valence-corrected chi connectivity index (χ3v) is 14.5. The van der Waals surface area contributed by atoms with Crippen molar-refractivity contribution in [2.45, 2.75) is 52.2 Å². The third kappa shape index (κ3) is 9.11. The Labute approximate surface area is 245 Å². The molecule has 0 bridgehead atoms. The molecule has 0 radical (unpaired) electrons. The van der Waals surface area contributed by atoms with Gasteiger partial charge in [-0.25, -0.2) is 0 Å². The molecule has 0 heterocycles. The van der Waals surface area contributed by atoms with Crippen molar-refractivity contribution in [1.29, 1.82) is 0 Å². The van der Waals surface area contributed by atoms with E-state index in [0.717, 1.165) is 22.3 Å². The monoisotopic (exact) mass is 582 g/mol. The van der Waals surface area contributed by atoms with Crippen LogP contribution in [0.5, 0.6) is 0 Å². The molecule has 0 spiro atoms. The van der Waals surface area contributed by atoms with E-state index in [-0.39, 0.29) is 38.0 Å². The lowest BCUT2D eigenvalue weighted by Crippen LogP contribution is -2.57. The second-order valence-corrected chi connectivity index (χ2v) is 19.2. The molecule has 0 aliphatic rings. The molecular formula is C34H38O5Si2. The minimum absolute atomic E-state index is 0.238. The standard InChI is InChI=1S/C34H38O5Si2/c1-40(2,31-19-15-27(16-20-31)23-33(35)37-25-29-11-7-5-8-12-29)39-41(3,4)32-21-17-28(18-22-32)24-34(36)38-26-30-13-9-6-10-14-30/h5-22H,23-26H2,1-4H3. The maximum Gasteiger partial charge on any atom is 0.310 e. The number of carbonyl (C=O) groups is 2. The lowest BCUT2D eigenvalue weighted by molar-refractivity contribution is -0.145. The Bertz CT molecular complexity index is 1310. The fraction of sp³-hybridized carbons (Fsp3) is 0.235. The van der Waals surface area contributed by atoms with Crippen LogP contribution in [0.25, 0.3) is 0 Å². The van der Waals surface area contributed by atoms with E-state index >= 15 is 0 Å². The van der Waals surface area contributed by atoms with Crippen LogP contribution in [-0.2, 0) is 49.2 Å². The highest BCUT2D eigenvalue weighted by atomic mass is 28.4. The molecule has 4 rings (SSSR count). The maximum atomic E-state index is 12.3. The minimum Gasteiger partial charge on any atom is -0.461 e. The molecule has 0 fully saturated rings. The van der Waals surface area contributed by atoms with E-state index < -0.39 is 16.6 Å². The van der Waals surface area contributed by atoms with Gasteiger partial charge in [0.25, 0.3) is 0 Å². The Morgan fingerprint density at radius 3 is 1.17 bits per heavy atom. The average Bonchev–Trinajstić information content (AvgIpc) is 2.96. The number of ether oxygens (including phenoxy) is 2. The Kier molecular flexibility index (Phi) is 10.1. The summed E-state index contributed by atoms with van der Waals surface area (Å²) in [6.07, 6.45) is 0.477. The second kappa shape index (κ2) is 13.7. The van der Waals surface area contributed by atoms with Gasteiger partial charge in [0, 0.05) is 0 Å². The Hall–Kier alpha value is -3.79. The van der Waals surface area contributed by atoms with E-state index in [1.165, 1.54) is 10.4 Å². The molecular weight excluding hydrogens is 545 g/mol. The first-order valence-electron chi connectivity index (χ1n) is 13.9. The van der Waals surface area contributed by atoms with Crippen molar-refractivity contribution < 1.29 is 23.2 Å². The van der Waals surface area contributed by atoms with E-state index in [0.29, 0.717) is 0 Å². The summed E-state index contributed by atoms with van der Waals surface area (Å²) >= 11 is 0. The Balaban J connectivity index is 1.30. The molecule has 0 atom stereocenters. The molecule has 0 N–H and O–H groups in total. The molecule has 41 heavy (non-hydrogen) atoms. The van der Waals surface area contributed by atoms with Gasteiger partial charge in [0.15, 0.2) is 0 Å². The van der Waals surface area contributed by atoms with E-state index in [1.807, 2.05) is 84.9 Å². The van der Waals surface area contributed by atoms with Crippen molar-refractivity contribution in [3.63, 3.8) is 0 Å².